The molecule has 2 rings (SSSR count). The molecule has 2 aromatic carbocycles. The van der Waals surface area contributed by atoms with Crippen molar-refractivity contribution in [2.75, 3.05) is 24.7 Å². The number of anilines is 1. The van der Waals surface area contributed by atoms with Crippen LogP contribution < -0.4 is 9.04 Å². The Labute approximate surface area is 144 Å². The number of benzene rings is 2. The van der Waals surface area contributed by atoms with Gasteiger partial charge in [-0.1, -0.05) is 0 Å². The maximum atomic E-state index is 12.8. The van der Waals surface area contributed by atoms with E-state index in [0.29, 0.717) is 0 Å². The van der Waals surface area contributed by atoms with Crippen molar-refractivity contribution in [3.63, 3.8) is 0 Å². The van der Waals surface area contributed by atoms with Crippen molar-refractivity contribution in [1.82, 2.24) is 0 Å². The minimum Gasteiger partial charge on any atom is -0.495 e. The summed E-state index contributed by atoms with van der Waals surface area (Å²) in [5, 5.41) is 11.0. The first-order valence-corrected chi connectivity index (χ1v) is 9.43. The first-order valence-electron chi connectivity index (χ1n) is 6.76. The van der Waals surface area contributed by atoms with Gasteiger partial charge < -0.3 is 4.74 Å². The van der Waals surface area contributed by atoms with Gasteiger partial charge in [0.25, 0.3) is 15.7 Å². The van der Waals surface area contributed by atoms with Gasteiger partial charge in [-0.3, -0.25) is 14.4 Å². The number of ether oxygens (including phenoxy) is 1. The zero-order valence-corrected chi connectivity index (χ0v) is 14.9. The molecule has 0 saturated carbocycles. The number of nitro groups is 1. The van der Waals surface area contributed by atoms with Crippen LogP contribution in [0.2, 0.25) is 0 Å². The van der Waals surface area contributed by atoms with Crippen LogP contribution in [0, 0.1) is 10.1 Å². The highest BCUT2D eigenvalue weighted by molar-refractivity contribution is 7.98. The molecule has 0 aliphatic heterocycles. The summed E-state index contributed by atoms with van der Waals surface area (Å²) in [6, 6.07) is 10.2. The van der Waals surface area contributed by atoms with Crippen molar-refractivity contribution >= 4 is 33.2 Å². The number of methoxy groups -OCH3 is 1. The Hall–Kier alpha value is -2.26. The van der Waals surface area contributed by atoms with E-state index in [1.54, 1.807) is 12.1 Å². The third-order valence-corrected chi connectivity index (χ3v) is 5.96. The fourth-order valence-electron chi connectivity index (χ4n) is 2.07. The minimum atomic E-state index is -3.87. The number of nitro benzene ring substituents is 1. The van der Waals surface area contributed by atoms with Crippen molar-refractivity contribution in [2.45, 2.75) is 9.79 Å². The standard InChI is InChI=1S/C15H16N2O5S2/c1-16(14-10-11(17(18)19)4-9-15(14)22-2)24(20,21)13-7-5-12(23-3)6-8-13/h4-10H,1-3H3. The van der Waals surface area contributed by atoms with Crippen molar-refractivity contribution in [3.8, 4) is 5.75 Å². The maximum Gasteiger partial charge on any atom is 0.271 e. The number of nitrogens with zero attached hydrogens (tertiary/aromatic N) is 2. The number of rotatable bonds is 6. The van der Waals surface area contributed by atoms with Gasteiger partial charge in [0.1, 0.15) is 11.4 Å². The Morgan fingerprint density at radius 2 is 1.79 bits per heavy atom. The summed E-state index contributed by atoms with van der Waals surface area (Å²) in [6.45, 7) is 0. The van der Waals surface area contributed by atoms with Crippen LogP contribution in [0.1, 0.15) is 0 Å². The minimum absolute atomic E-state index is 0.0939. The zero-order chi connectivity index (χ0) is 17.9. The quantitative estimate of drug-likeness (QED) is 0.442. The van der Waals surface area contributed by atoms with E-state index < -0.39 is 14.9 Å². The largest absolute Gasteiger partial charge is 0.495 e. The molecule has 0 heterocycles. The van der Waals surface area contributed by atoms with Gasteiger partial charge in [-0.05, 0) is 36.6 Å². The average Bonchev–Trinajstić information content (AvgIpc) is 2.60. The SMILES string of the molecule is COc1ccc([N+](=O)[O-])cc1N(C)S(=O)(=O)c1ccc(SC)cc1. The van der Waals surface area contributed by atoms with E-state index in [0.717, 1.165) is 9.20 Å². The van der Waals surface area contributed by atoms with E-state index in [2.05, 4.69) is 0 Å². The Balaban J connectivity index is 2.50. The van der Waals surface area contributed by atoms with Crippen LogP contribution in [0.5, 0.6) is 5.75 Å². The summed E-state index contributed by atoms with van der Waals surface area (Å²) in [6.07, 6.45) is 1.89. The van der Waals surface area contributed by atoms with Crippen LogP contribution in [0.15, 0.2) is 52.3 Å². The molecular formula is C15H16N2O5S2. The summed E-state index contributed by atoms with van der Waals surface area (Å²) < 4.78 is 31.7. The molecule has 0 aromatic heterocycles. The van der Waals surface area contributed by atoms with Crippen LogP contribution in [-0.4, -0.2) is 33.8 Å². The molecule has 9 heteroatoms. The molecule has 0 bridgehead atoms. The zero-order valence-electron chi connectivity index (χ0n) is 13.3. The van der Waals surface area contributed by atoms with Crippen LogP contribution in [0.4, 0.5) is 11.4 Å². The molecule has 2 aromatic rings. The van der Waals surface area contributed by atoms with Crippen molar-refractivity contribution < 1.29 is 18.1 Å². The highest BCUT2D eigenvalue weighted by Crippen LogP contribution is 2.34. The smallest absolute Gasteiger partial charge is 0.271 e. The van der Waals surface area contributed by atoms with Gasteiger partial charge in [0, 0.05) is 24.1 Å². The molecule has 0 spiro atoms. The van der Waals surface area contributed by atoms with E-state index in [1.165, 1.54) is 56.3 Å². The molecule has 128 valence electrons. The molecule has 0 fully saturated rings. The first-order chi connectivity index (χ1) is 11.3. The molecule has 0 unspecified atom stereocenters. The Morgan fingerprint density at radius 3 is 2.29 bits per heavy atom. The fraction of sp³-hybridized carbons (Fsp3) is 0.200. The monoisotopic (exact) mass is 368 g/mol. The lowest BCUT2D eigenvalue weighted by atomic mass is 10.2. The van der Waals surface area contributed by atoms with E-state index >= 15 is 0 Å². The Bertz CT molecular complexity index is 851. The van der Waals surface area contributed by atoms with Crippen LogP contribution >= 0.6 is 11.8 Å². The van der Waals surface area contributed by atoms with E-state index in [1.807, 2.05) is 6.26 Å². The van der Waals surface area contributed by atoms with Crippen LogP contribution in [-0.2, 0) is 10.0 Å². The van der Waals surface area contributed by atoms with Gasteiger partial charge in [0.2, 0.25) is 0 Å². The predicted octanol–water partition coefficient (Wildman–Crippen LogP) is 3.15. The summed E-state index contributed by atoms with van der Waals surface area (Å²) >= 11 is 1.50. The second kappa shape index (κ2) is 7.10. The van der Waals surface area contributed by atoms with Crippen LogP contribution in [0.3, 0.4) is 0 Å². The lowest BCUT2D eigenvalue weighted by Crippen LogP contribution is -2.27. The lowest BCUT2D eigenvalue weighted by Gasteiger charge is -2.21. The van der Waals surface area contributed by atoms with Gasteiger partial charge in [-0.2, -0.15) is 0 Å². The second-order valence-electron chi connectivity index (χ2n) is 4.76. The summed E-state index contributed by atoms with van der Waals surface area (Å²) in [5.41, 5.74) is -0.119. The van der Waals surface area contributed by atoms with E-state index in [-0.39, 0.29) is 22.0 Å². The van der Waals surface area contributed by atoms with Gasteiger partial charge >= 0.3 is 0 Å². The predicted molar refractivity (Wildman–Crippen MR) is 93.5 cm³/mol. The molecule has 7 nitrogen and oxygen atoms in total. The molecule has 0 radical (unpaired) electrons. The molecule has 0 saturated heterocycles. The van der Waals surface area contributed by atoms with Gasteiger partial charge in [-0.15, -0.1) is 11.8 Å². The van der Waals surface area contributed by atoms with Crippen molar-refractivity contribution in [2.24, 2.45) is 0 Å². The van der Waals surface area contributed by atoms with E-state index in [4.69, 9.17) is 4.74 Å². The topological polar surface area (TPSA) is 89.8 Å². The average molecular weight is 368 g/mol. The lowest BCUT2D eigenvalue weighted by molar-refractivity contribution is -0.384. The molecule has 0 amide bonds. The number of hydrogen-bond acceptors (Lipinski definition) is 6. The van der Waals surface area contributed by atoms with E-state index in [9.17, 15) is 18.5 Å². The number of sulfonamides is 1. The highest BCUT2D eigenvalue weighted by atomic mass is 32.2. The molecule has 0 aliphatic rings. The molecule has 0 aliphatic carbocycles. The van der Waals surface area contributed by atoms with Gasteiger partial charge in [-0.25, -0.2) is 8.42 Å². The van der Waals surface area contributed by atoms with Crippen molar-refractivity contribution in [3.05, 3.63) is 52.6 Å². The molecule has 24 heavy (non-hydrogen) atoms. The summed E-state index contributed by atoms with van der Waals surface area (Å²) in [5.74, 6) is 0.229. The van der Waals surface area contributed by atoms with Gasteiger partial charge in [0.05, 0.1) is 16.9 Å². The number of hydrogen-bond donors (Lipinski definition) is 0. The third-order valence-electron chi connectivity index (χ3n) is 3.43. The third kappa shape index (κ3) is 3.46. The molecule has 0 N–H and O–H groups in total. The number of thioether (sulfide) groups is 1. The summed E-state index contributed by atoms with van der Waals surface area (Å²) in [4.78, 5) is 11.4. The Kier molecular flexibility index (Phi) is 5.35. The Morgan fingerprint density at radius 1 is 1.17 bits per heavy atom. The number of non-ortho nitro benzene ring substituents is 1. The van der Waals surface area contributed by atoms with Crippen LogP contribution in [0.25, 0.3) is 0 Å². The van der Waals surface area contributed by atoms with Crippen molar-refractivity contribution in [1.29, 1.82) is 0 Å². The maximum absolute atomic E-state index is 12.8. The second-order valence-corrected chi connectivity index (χ2v) is 7.61. The summed E-state index contributed by atoms with van der Waals surface area (Å²) in [7, 11) is -1.16. The van der Waals surface area contributed by atoms with Gasteiger partial charge in [0.15, 0.2) is 0 Å². The molecule has 0 atom stereocenters. The fourth-order valence-corrected chi connectivity index (χ4v) is 3.68. The molecular weight excluding hydrogens is 352 g/mol. The first kappa shape index (κ1) is 18.1. The normalized spacial score (nSPS) is 11.1. The highest BCUT2D eigenvalue weighted by Gasteiger charge is 2.25.